The molecular formula is C37H36IrN2SSi-2. The van der Waals surface area contributed by atoms with Gasteiger partial charge >= 0.3 is 0 Å². The Bertz CT molecular complexity index is 1870. The van der Waals surface area contributed by atoms with Gasteiger partial charge in [-0.15, -0.1) is 59.7 Å². The summed E-state index contributed by atoms with van der Waals surface area (Å²) in [6, 6.07) is 33.1. The Morgan fingerprint density at radius 2 is 1.64 bits per heavy atom. The number of rotatable bonds is 4. The van der Waals surface area contributed by atoms with Crippen LogP contribution < -0.4 is 5.19 Å². The van der Waals surface area contributed by atoms with Crippen LogP contribution in [0.3, 0.4) is 0 Å². The van der Waals surface area contributed by atoms with E-state index >= 15 is 0 Å². The average molecular weight is 764 g/mol. The van der Waals surface area contributed by atoms with Crippen LogP contribution in [0.2, 0.25) is 19.6 Å². The van der Waals surface area contributed by atoms with Crippen molar-refractivity contribution in [3.63, 3.8) is 0 Å². The van der Waals surface area contributed by atoms with Gasteiger partial charge < -0.3 is 9.97 Å². The fraction of sp³-hybridized carbons (Fsp3) is 0.243. The zero-order valence-electron chi connectivity index (χ0n) is 27.2. The van der Waals surface area contributed by atoms with E-state index < -0.39 is 14.9 Å². The molecule has 2 nitrogen and oxygen atoms in total. The van der Waals surface area contributed by atoms with Crippen LogP contribution in [-0.2, 0) is 20.1 Å². The first-order chi connectivity index (χ1) is 21.1. The minimum Gasteiger partial charge on any atom is -0.304 e. The van der Waals surface area contributed by atoms with Gasteiger partial charge in [0.25, 0.3) is 0 Å². The predicted molar refractivity (Wildman–Crippen MR) is 179 cm³/mol. The predicted octanol–water partition coefficient (Wildman–Crippen LogP) is 9.97. The van der Waals surface area contributed by atoms with Crippen molar-refractivity contribution in [2.75, 3.05) is 0 Å². The van der Waals surface area contributed by atoms with Crippen LogP contribution in [-0.4, -0.2) is 18.0 Å². The van der Waals surface area contributed by atoms with E-state index in [1.54, 1.807) is 18.2 Å². The normalized spacial score (nSPS) is 14.9. The van der Waals surface area contributed by atoms with Gasteiger partial charge in [0.05, 0.1) is 8.07 Å². The second-order valence-corrected chi connectivity index (χ2v) is 18.0. The molecule has 215 valence electrons. The van der Waals surface area contributed by atoms with E-state index in [4.69, 9.17) is 9.10 Å². The van der Waals surface area contributed by atoms with Gasteiger partial charge in [-0.25, -0.2) is 0 Å². The van der Waals surface area contributed by atoms with E-state index in [1.807, 2.05) is 29.5 Å². The third-order valence-electron chi connectivity index (χ3n) is 7.92. The third-order valence-corrected chi connectivity index (χ3v) is 11.1. The molecule has 0 N–H and O–H groups in total. The first-order valence-electron chi connectivity index (χ1n) is 15.9. The molecule has 0 aliphatic heterocycles. The summed E-state index contributed by atoms with van der Waals surface area (Å²) in [6.45, 7) is 5.15. The van der Waals surface area contributed by atoms with Crippen LogP contribution in [0, 0.1) is 19.0 Å². The number of hydrogen-bond donors (Lipinski definition) is 0. The van der Waals surface area contributed by atoms with Crippen LogP contribution in [0.4, 0.5) is 0 Å². The molecule has 0 spiro atoms. The van der Waals surface area contributed by atoms with Crippen molar-refractivity contribution >= 4 is 44.8 Å². The first kappa shape index (κ1) is 26.7. The van der Waals surface area contributed by atoms with Crippen molar-refractivity contribution in [1.82, 2.24) is 9.97 Å². The number of thiophene rings is 1. The van der Waals surface area contributed by atoms with Gasteiger partial charge in [-0.2, -0.15) is 11.3 Å². The zero-order chi connectivity index (χ0) is 30.9. The second kappa shape index (κ2) is 13.1. The molecule has 42 heavy (non-hydrogen) atoms. The van der Waals surface area contributed by atoms with E-state index in [1.165, 1.54) is 62.8 Å². The van der Waals surface area contributed by atoms with Crippen LogP contribution in [0.5, 0.6) is 0 Å². The van der Waals surface area contributed by atoms with E-state index in [0.29, 0.717) is 5.92 Å². The largest absolute Gasteiger partial charge is 0.304 e. The smallest absolute Gasteiger partial charge is 0.0776 e. The SMILES string of the molecule is C[Si](C)(C)c1ccc2c(c1)sc1c(-c3ccc(C4CCCC4)cn3)[c-]ccc12.[2H]C([2H])([2H])c1ccc(-c2[c-]cccc2)nc1.[Ir]. The van der Waals surface area contributed by atoms with Crippen LogP contribution in [0.15, 0.2) is 91.3 Å². The van der Waals surface area contributed by atoms with Gasteiger partial charge in [-0.05, 0) is 64.3 Å². The quantitative estimate of drug-likeness (QED) is 0.132. The van der Waals surface area contributed by atoms with Gasteiger partial charge in [-0.3, -0.25) is 0 Å². The fourth-order valence-electron chi connectivity index (χ4n) is 5.56. The Morgan fingerprint density at radius 3 is 2.31 bits per heavy atom. The maximum absolute atomic E-state index is 7.23. The van der Waals surface area contributed by atoms with E-state index in [0.717, 1.165) is 22.5 Å². The van der Waals surface area contributed by atoms with Gasteiger partial charge in [0.2, 0.25) is 0 Å². The average Bonchev–Trinajstić information content (AvgIpc) is 3.70. The standard InChI is InChI=1S/C25H26NSSi.C12H10N.Ir/c1-28(2,3)19-12-13-20-21-9-6-10-22(25(21)27-24(20)15-19)23-14-11-18(16-26-23)17-7-4-5-8-17;1-10-7-8-12(13-9-10)11-5-3-2-4-6-11;/h6,9,11-17H,4-5,7-8H2,1-3H3;2-5,7-9H,1H3;/q2*-1;/i;1D3;. The molecule has 0 atom stereocenters. The van der Waals surface area contributed by atoms with Crippen molar-refractivity contribution in [1.29, 1.82) is 0 Å². The van der Waals surface area contributed by atoms with Gasteiger partial charge in [0.1, 0.15) is 0 Å². The molecule has 3 heterocycles. The Morgan fingerprint density at radius 1 is 0.833 bits per heavy atom. The summed E-state index contributed by atoms with van der Waals surface area (Å²) in [7, 11) is -1.31. The van der Waals surface area contributed by atoms with E-state index in [2.05, 4.69) is 85.4 Å². The van der Waals surface area contributed by atoms with Crippen molar-refractivity contribution in [2.45, 2.75) is 58.1 Å². The van der Waals surface area contributed by atoms with Gasteiger partial charge in [0, 0.05) is 41.3 Å². The molecule has 0 amide bonds. The molecule has 1 aliphatic carbocycles. The number of hydrogen-bond acceptors (Lipinski definition) is 3. The molecule has 1 aliphatic rings. The topological polar surface area (TPSA) is 25.8 Å². The maximum atomic E-state index is 7.23. The monoisotopic (exact) mass is 764 g/mol. The molecule has 0 unspecified atom stereocenters. The second-order valence-electron chi connectivity index (χ2n) is 11.8. The summed E-state index contributed by atoms with van der Waals surface area (Å²) >= 11 is 1.89. The van der Waals surface area contributed by atoms with Crippen molar-refractivity contribution in [3.8, 4) is 22.5 Å². The molecule has 1 fully saturated rings. The van der Waals surface area contributed by atoms with E-state index in [-0.39, 0.29) is 25.7 Å². The number of fused-ring (bicyclic) bond motifs is 3. The van der Waals surface area contributed by atoms with Crippen LogP contribution >= 0.6 is 11.3 Å². The van der Waals surface area contributed by atoms with Crippen molar-refractivity contribution < 1.29 is 24.2 Å². The summed E-state index contributed by atoms with van der Waals surface area (Å²) in [5.74, 6) is 0.714. The summed E-state index contributed by atoms with van der Waals surface area (Å²) in [5.41, 5.74) is 5.44. The molecule has 0 bridgehead atoms. The van der Waals surface area contributed by atoms with Crippen LogP contribution in [0.1, 0.15) is 46.8 Å². The van der Waals surface area contributed by atoms with E-state index in [9.17, 15) is 0 Å². The summed E-state index contributed by atoms with van der Waals surface area (Å²) < 4.78 is 24.4. The number of pyridine rings is 2. The molecular weight excluding hydrogens is 725 g/mol. The molecule has 1 saturated carbocycles. The zero-order valence-corrected chi connectivity index (χ0v) is 28.4. The molecule has 5 heteroatoms. The Balaban J connectivity index is 0.000000202. The Labute approximate surface area is 272 Å². The number of benzene rings is 3. The van der Waals surface area contributed by atoms with Crippen molar-refractivity contribution in [2.24, 2.45) is 0 Å². The van der Waals surface area contributed by atoms with Gasteiger partial charge in [-0.1, -0.05) is 79.5 Å². The molecule has 0 saturated heterocycles. The summed E-state index contributed by atoms with van der Waals surface area (Å²) in [6.07, 6.45) is 8.86. The molecule has 7 rings (SSSR count). The minimum absolute atomic E-state index is 0. The number of aromatic nitrogens is 2. The van der Waals surface area contributed by atoms with Crippen molar-refractivity contribution in [3.05, 3.63) is 115 Å². The molecule has 1 radical (unpaired) electrons. The molecule has 3 aromatic carbocycles. The van der Waals surface area contributed by atoms with Crippen LogP contribution in [0.25, 0.3) is 42.7 Å². The fourth-order valence-corrected chi connectivity index (χ4v) is 8.07. The Hall–Kier alpha value is -2.95. The molecule has 6 aromatic rings. The third kappa shape index (κ3) is 6.66. The number of aryl methyl sites for hydroxylation is 1. The number of nitrogens with zero attached hydrogens (tertiary/aromatic N) is 2. The first-order valence-corrected chi connectivity index (χ1v) is 18.7. The summed E-state index contributed by atoms with van der Waals surface area (Å²) in [4.78, 5) is 8.98. The van der Waals surface area contributed by atoms with Gasteiger partial charge in [0.15, 0.2) is 0 Å². The minimum atomic E-state index is -2.09. The maximum Gasteiger partial charge on any atom is 0.0776 e. The summed E-state index contributed by atoms with van der Waals surface area (Å²) in [5, 5.41) is 4.22. The Kier molecular flexibility index (Phi) is 8.34. The molecule has 3 aromatic heterocycles.